The van der Waals surface area contributed by atoms with E-state index in [9.17, 15) is 9.90 Å². The largest absolute Gasteiger partial charge is 0.493 e. The first-order valence-corrected chi connectivity index (χ1v) is 6.29. The third kappa shape index (κ3) is 1.67. The van der Waals surface area contributed by atoms with Gasteiger partial charge in [-0.3, -0.25) is 4.79 Å². The highest BCUT2D eigenvalue weighted by atomic mass is 32.2. The van der Waals surface area contributed by atoms with E-state index in [2.05, 4.69) is 0 Å². The van der Waals surface area contributed by atoms with Gasteiger partial charge in [-0.2, -0.15) is 0 Å². The molecule has 0 radical (unpaired) electrons. The monoisotopic (exact) mass is 238 g/mol. The van der Waals surface area contributed by atoms with Crippen molar-refractivity contribution in [2.45, 2.75) is 18.1 Å². The molecule has 0 aromatic heterocycles. The van der Waals surface area contributed by atoms with E-state index < -0.39 is 10.7 Å². The number of carboxylic acid groups (broad SMARTS) is 1. The van der Waals surface area contributed by atoms with Crippen molar-refractivity contribution in [1.82, 2.24) is 0 Å². The summed E-state index contributed by atoms with van der Waals surface area (Å²) in [4.78, 5) is 11.6. The molecule has 3 nitrogen and oxygen atoms in total. The van der Waals surface area contributed by atoms with Crippen molar-refractivity contribution in [3.8, 4) is 5.75 Å². The highest BCUT2D eigenvalue weighted by molar-refractivity contribution is 8.00. The number of thioether (sulfide) groups is 1. The Morgan fingerprint density at radius 2 is 2.31 bits per heavy atom. The first-order chi connectivity index (χ1) is 7.70. The summed E-state index contributed by atoms with van der Waals surface area (Å²) in [6.45, 7) is 2.45. The van der Waals surface area contributed by atoms with Gasteiger partial charge >= 0.3 is 5.97 Å². The maximum atomic E-state index is 11.6. The zero-order chi connectivity index (χ0) is 11.6. The number of ether oxygens (including phenoxy) is 1. The fourth-order valence-corrected chi connectivity index (χ4v) is 3.21. The Hall–Kier alpha value is -1.16. The second-order valence-corrected chi connectivity index (χ2v) is 5.22. The van der Waals surface area contributed by atoms with Gasteiger partial charge in [0.1, 0.15) is 10.5 Å². The molecule has 1 unspecified atom stereocenters. The van der Waals surface area contributed by atoms with Crippen molar-refractivity contribution >= 4 is 17.7 Å². The Kier molecular flexibility index (Phi) is 3.10. The number of benzene rings is 1. The molecule has 0 aliphatic carbocycles. The summed E-state index contributed by atoms with van der Waals surface area (Å²) in [6.07, 6.45) is 0.526. The van der Waals surface area contributed by atoms with Crippen LogP contribution in [0.1, 0.15) is 18.9 Å². The Morgan fingerprint density at radius 3 is 3.00 bits per heavy atom. The number of aliphatic carboxylic acids is 1. The molecule has 1 N–H and O–H groups in total. The van der Waals surface area contributed by atoms with Crippen molar-refractivity contribution in [2.24, 2.45) is 0 Å². The average Bonchev–Trinajstić information content (AvgIpc) is 2.29. The Labute approximate surface area is 98.8 Å². The van der Waals surface area contributed by atoms with Crippen molar-refractivity contribution < 1.29 is 14.6 Å². The van der Waals surface area contributed by atoms with Crippen molar-refractivity contribution in [2.75, 3.05) is 12.4 Å². The first-order valence-electron chi connectivity index (χ1n) is 5.30. The molecule has 1 heterocycles. The topological polar surface area (TPSA) is 46.5 Å². The van der Waals surface area contributed by atoms with Gasteiger partial charge in [0.2, 0.25) is 0 Å². The summed E-state index contributed by atoms with van der Waals surface area (Å²) in [7, 11) is 0. The molecular weight excluding hydrogens is 224 g/mol. The number of hydrogen-bond acceptors (Lipinski definition) is 3. The number of fused-ring (bicyclic) bond motifs is 1. The molecule has 16 heavy (non-hydrogen) atoms. The predicted molar refractivity (Wildman–Crippen MR) is 64.0 cm³/mol. The van der Waals surface area contributed by atoms with Crippen LogP contribution in [-0.2, 0) is 9.54 Å². The minimum absolute atomic E-state index is 0.469. The Morgan fingerprint density at radius 1 is 1.56 bits per heavy atom. The SMILES string of the molecule is CCSC1(C(=O)O)CCOc2ccccc21. The van der Waals surface area contributed by atoms with Crippen LogP contribution in [0.15, 0.2) is 24.3 Å². The molecular formula is C12H14O3S. The van der Waals surface area contributed by atoms with Crippen LogP contribution in [0.3, 0.4) is 0 Å². The third-order valence-electron chi connectivity index (χ3n) is 2.77. The number of para-hydroxylation sites is 1. The molecule has 2 rings (SSSR count). The van der Waals surface area contributed by atoms with Gasteiger partial charge in [-0.25, -0.2) is 0 Å². The molecule has 86 valence electrons. The maximum absolute atomic E-state index is 11.6. The van der Waals surface area contributed by atoms with Crippen LogP contribution in [0.4, 0.5) is 0 Å². The van der Waals surface area contributed by atoms with E-state index >= 15 is 0 Å². The summed E-state index contributed by atoms with van der Waals surface area (Å²) in [6, 6.07) is 7.42. The number of rotatable bonds is 3. The number of carbonyl (C=O) groups is 1. The lowest BCUT2D eigenvalue weighted by atomic mass is 9.92. The van der Waals surface area contributed by atoms with Gasteiger partial charge in [0, 0.05) is 12.0 Å². The first kappa shape index (κ1) is 11.3. The molecule has 0 fully saturated rings. The summed E-state index contributed by atoms with van der Waals surface area (Å²) >= 11 is 1.47. The van der Waals surface area contributed by atoms with Gasteiger partial charge in [0.15, 0.2) is 0 Å². The van der Waals surface area contributed by atoms with Crippen molar-refractivity contribution in [3.05, 3.63) is 29.8 Å². The van der Waals surface area contributed by atoms with Gasteiger partial charge in [0.05, 0.1) is 6.61 Å². The molecule has 1 aromatic carbocycles. The summed E-state index contributed by atoms with van der Waals surface area (Å²) < 4.78 is 4.67. The van der Waals surface area contributed by atoms with Crippen LogP contribution < -0.4 is 4.74 Å². The average molecular weight is 238 g/mol. The maximum Gasteiger partial charge on any atom is 0.324 e. The van der Waals surface area contributed by atoms with Crippen LogP contribution in [0.25, 0.3) is 0 Å². The van der Waals surface area contributed by atoms with E-state index in [1.54, 1.807) is 0 Å². The standard InChI is InChI=1S/C12H14O3S/c1-2-16-12(11(13)14)7-8-15-10-6-4-3-5-9(10)12/h3-6H,2,7-8H2,1H3,(H,13,14). The van der Waals surface area contributed by atoms with E-state index in [0.717, 1.165) is 11.3 Å². The molecule has 1 aliphatic heterocycles. The fourth-order valence-electron chi connectivity index (χ4n) is 2.05. The third-order valence-corrected chi connectivity index (χ3v) is 4.15. The molecule has 0 amide bonds. The smallest absolute Gasteiger partial charge is 0.324 e. The molecule has 0 saturated heterocycles. The van der Waals surface area contributed by atoms with Crippen LogP contribution in [0.2, 0.25) is 0 Å². The molecule has 0 spiro atoms. The van der Waals surface area contributed by atoms with Crippen LogP contribution in [0.5, 0.6) is 5.75 Å². The zero-order valence-corrected chi connectivity index (χ0v) is 9.92. The second-order valence-electron chi connectivity index (χ2n) is 3.66. The van der Waals surface area contributed by atoms with Crippen molar-refractivity contribution in [1.29, 1.82) is 0 Å². The Balaban J connectivity index is 2.52. The number of hydrogen-bond donors (Lipinski definition) is 1. The normalized spacial score (nSPS) is 23.3. The predicted octanol–water partition coefficient (Wildman–Crippen LogP) is 2.50. The van der Waals surface area contributed by atoms with Gasteiger partial charge in [-0.1, -0.05) is 25.1 Å². The van der Waals surface area contributed by atoms with Gasteiger partial charge in [-0.15, -0.1) is 11.8 Å². The number of carboxylic acids is 1. The van der Waals surface area contributed by atoms with Gasteiger partial charge in [0.25, 0.3) is 0 Å². The lowest BCUT2D eigenvalue weighted by molar-refractivity contribution is -0.141. The lowest BCUT2D eigenvalue weighted by Crippen LogP contribution is -2.37. The van der Waals surface area contributed by atoms with Crippen LogP contribution >= 0.6 is 11.8 Å². The summed E-state index contributed by atoms with van der Waals surface area (Å²) in [5.74, 6) is 0.716. The summed E-state index contributed by atoms with van der Waals surface area (Å²) in [5.41, 5.74) is 0.792. The zero-order valence-electron chi connectivity index (χ0n) is 9.10. The van der Waals surface area contributed by atoms with Crippen molar-refractivity contribution in [3.63, 3.8) is 0 Å². The second kappa shape index (κ2) is 4.37. The Bertz CT molecular complexity index is 405. The molecule has 1 atom stereocenters. The quantitative estimate of drug-likeness (QED) is 0.879. The van der Waals surface area contributed by atoms with Crippen LogP contribution in [-0.4, -0.2) is 23.4 Å². The van der Waals surface area contributed by atoms with Gasteiger partial charge in [-0.05, 0) is 11.8 Å². The van der Waals surface area contributed by atoms with E-state index in [0.29, 0.717) is 18.8 Å². The molecule has 4 heteroatoms. The molecule has 1 aliphatic rings. The van der Waals surface area contributed by atoms with E-state index in [1.807, 2.05) is 31.2 Å². The minimum Gasteiger partial charge on any atom is -0.493 e. The molecule has 0 saturated carbocycles. The fraction of sp³-hybridized carbons (Fsp3) is 0.417. The van der Waals surface area contributed by atoms with Gasteiger partial charge < -0.3 is 9.84 Å². The lowest BCUT2D eigenvalue weighted by Gasteiger charge is -2.34. The molecule has 1 aromatic rings. The summed E-state index contributed by atoms with van der Waals surface area (Å²) in [5, 5.41) is 9.49. The highest BCUT2D eigenvalue weighted by Gasteiger charge is 2.44. The van der Waals surface area contributed by atoms with E-state index in [1.165, 1.54) is 11.8 Å². The van der Waals surface area contributed by atoms with E-state index in [4.69, 9.17) is 4.74 Å². The highest BCUT2D eigenvalue weighted by Crippen LogP contribution is 2.46. The van der Waals surface area contributed by atoms with Crippen LogP contribution in [0, 0.1) is 0 Å². The van der Waals surface area contributed by atoms with E-state index in [-0.39, 0.29) is 0 Å². The molecule has 0 bridgehead atoms. The minimum atomic E-state index is -0.830.